The van der Waals surface area contributed by atoms with Crippen molar-refractivity contribution >= 4 is 23.0 Å². The molecule has 2 aromatic heterocycles. The molecule has 2 aromatic rings. The lowest BCUT2D eigenvalue weighted by Crippen LogP contribution is -2.41. The van der Waals surface area contributed by atoms with E-state index in [9.17, 15) is 14.0 Å². The van der Waals surface area contributed by atoms with Crippen LogP contribution in [0.5, 0.6) is 5.88 Å². The number of carbonyl (C=O) groups excluding carboxylic acids is 2. The van der Waals surface area contributed by atoms with Crippen LogP contribution in [0.1, 0.15) is 42.5 Å². The molecule has 2 fully saturated rings. The van der Waals surface area contributed by atoms with Crippen LogP contribution in [0.3, 0.4) is 0 Å². The molecule has 29 heavy (non-hydrogen) atoms. The molecule has 1 aliphatic heterocycles. The van der Waals surface area contributed by atoms with E-state index in [1.165, 1.54) is 12.3 Å². The lowest BCUT2D eigenvalue weighted by Gasteiger charge is -2.31. The van der Waals surface area contributed by atoms with Crippen LogP contribution >= 0.6 is 0 Å². The average molecular weight is 401 g/mol. The first kappa shape index (κ1) is 19.4. The minimum absolute atomic E-state index is 0.0750. The summed E-state index contributed by atoms with van der Waals surface area (Å²) in [5.41, 5.74) is 1.28. The van der Waals surface area contributed by atoms with Crippen LogP contribution in [-0.2, 0) is 4.79 Å². The Bertz CT molecular complexity index is 922. The number of nitrogens with zero attached hydrogens (tertiary/aromatic N) is 3. The molecule has 2 N–H and O–H groups in total. The molecule has 0 spiro atoms. The van der Waals surface area contributed by atoms with Crippen molar-refractivity contribution in [1.82, 2.24) is 25.2 Å². The number of H-pyrrole nitrogens is 1. The average Bonchev–Trinajstić information content (AvgIpc) is 3.33. The van der Waals surface area contributed by atoms with Gasteiger partial charge in [0.1, 0.15) is 17.8 Å². The number of piperidine rings is 1. The van der Waals surface area contributed by atoms with Crippen LogP contribution in [0.2, 0.25) is 0 Å². The third-order valence-corrected chi connectivity index (χ3v) is 5.52. The Morgan fingerprint density at radius 3 is 2.79 bits per heavy atom. The maximum atomic E-state index is 13.4. The molecule has 2 atom stereocenters. The Balaban J connectivity index is 1.42. The first-order chi connectivity index (χ1) is 14.0. The second-order valence-corrected chi connectivity index (χ2v) is 7.54. The van der Waals surface area contributed by atoms with Gasteiger partial charge in [-0.25, -0.2) is 14.4 Å². The molecule has 2 amide bonds. The number of amides is 2. The van der Waals surface area contributed by atoms with Gasteiger partial charge >= 0.3 is 0 Å². The van der Waals surface area contributed by atoms with Gasteiger partial charge in [0, 0.05) is 38.2 Å². The number of alkyl halides is 1. The topological polar surface area (TPSA) is 100 Å². The highest BCUT2D eigenvalue weighted by molar-refractivity contribution is 6.04. The molecule has 1 saturated carbocycles. The Morgan fingerprint density at radius 2 is 2.10 bits per heavy atom. The summed E-state index contributed by atoms with van der Waals surface area (Å²) in [5.74, 6) is -0.0311. The molecule has 2 aliphatic rings. The number of rotatable bonds is 5. The van der Waals surface area contributed by atoms with Crippen molar-refractivity contribution in [2.45, 2.75) is 50.4 Å². The van der Waals surface area contributed by atoms with Gasteiger partial charge in [0.2, 0.25) is 11.8 Å². The molecule has 3 heterocycles. The van der Waals surface area contributed by atoms with Crippen molar-refractivity contribution < 1.29 is 18.7 Å². The summed E-state index contributed by atoms with van der Waals surface area (Å²) in [6, 6.07) is -0.154. The van der Waals surface area contributed by atoms with E-state index in [0.717, 1.165) is 0 Å². The number of likely N-dealkylation sites (tertiary alicyclic amines) is 1. The standard InChI is InChI=1S/C20H24FN5O3/c1-2-17(27)26-7-5-14(6-8-26)29-16-11-23-19-18(25-16)15(10-22-19)20(28)24-13-4-3-12(21)9-13/h2,10-14H,1,3-9H2,(H,22,23)(H,24,28)/t12-,13+/m0/s1. The number of fused-ring (bicyclic) bond motifs is 1. The molecule has 1 aliphatic carbocycles. The summed E-state index contributed by atoms with van der Waals surface area (Å²) in [6.45, 7) is 4.70. The number of carbonyl (C=O) groups is 2. The second kappa shape index (κ2) is 8.18. The van der Waals surface area contributed by atoms with Crippen molar-refractivity contribution in [2.24, 2.45) is 0 Å². The quantitative estimate of drug-likeness (QED) is 0.748. The second-order valence-electron chi connectivity index (χ2n) is 7.54. The SMILES string of the molecule is C=CC(=O)N1CCC(Oc2cnc3[nH]cc(C(=O)N[C@@H]4CC[C@H](F)C4)c3n2)CC1. The Hall–Kier alpha value is -2.97. The molecule has 0 aromatic carbocycles. The first-order valence-electron chi connectivity index (χ1n) is 9.90. The molecular weight excluding hydrogens is 377 g/mol. The van der Waals surface area contributed by atoms with Gasteiger partial charge in [0.05, 0.1) is 11.8 Å². The molecule has 0 radical (unpaired) electrons. The van der Waals surface area contributed by atoms with E-state index >= 15 is 0 Å². The highest BCUT2D eigenvalue weighted by Gasteiger charge is 2.27. The highest BCUT2D eigenvalue weighted by Crippen LogP contribution is 2.24. The number of hydrogen-bond acceptors (Lipinski definition) is 5. The predicted octanol–water partition coefficient (Wildman–Crippen LogP) is 2.13. The highest BCUT2D eigenvalue weighted by atomic mass is 19.1. The van der Waals surface area contributed by atoms with E-state index in [2.05, 4.69) is 26.8 Å². The van der Waals surface area contributed by atoms with Gasteiger partial charge in [0.15, 0.2) is 5.65 Å². The number of aromatic nitrogens is 3. The van der Waals surface area contributed by atoms with Gasteiger partial charge in [-0.15, -0.1) is 0 Å². The van der Waals surface area contributed by atoms with Crippen LogP contribution in [0.15, 0.2) is 25.0 Å². The molecule has 1 saturated heterocycles. The number of halogens is 1. The summed E-state index contributed by atoms with van der Waals surface area (Å²) in [6.07, 6.45) is 6.31. The fourth-order valence-electron chi connectivity index (χ4n) is 3.92. The minimum Gasteiger partial charge on any atom is -0.473 e. The van der Waals surface area contributed by atoms with Crippen LogP contribution in [0, 0.1) is 0 Å². The lowest BCUT2D eigenvalue weighted by molar-refractivity contribution is -0.127. The summed E-state index contributed by atoms with van der Waals surface area (Å²) >= 11 is 0. The first-order valence-corrected chi connectivity index (χ1v) is 9.90. The van der Waals surface area contributed by atoms with Gasteiger partial charge in [-0.3, -0.25) is 9.59 Å². The summed E-state index contributed by atoms with van der Waals surface area (Å²) in [7, 11) is 0. The van der Waals surface area contributed by atoms with E-state index in [1.54, 1.807) is 11.1 Å². The summed E-state index contributed by atoms with van der Waals surface area (Å²) < 4.78 is 19.3. The number of aromatic amines is 1. The Labute approximate surface area is 167 Å². The fourth-order valence-corrected chi connectivity index (χ4v) is 3.92. The zero-order valence-corrected chi connectivity index (χ0v) is 16.1. The van der Waals surface area contributed by atoms with Crippen molar-refractivity contribution in [3.05, 3.63) is 30.6 Å². The Kier molecular flexibility index (Phi) is 5.46. The largest absolute Gasteiger partial charge is 0.473 e. The maximum Gasteiger partial charge on any atom is 0.255 e. The minimum atomic E-state index is -0.851. The van der Waals surface area contributed by atoms with E-state index in [4.69, 9.17) is 4.74 Å². The maximum absolute atomic E-state index is 13.4. The van der Waals surface area contributed by atoms with Gasteiger partial charge in [-0.05, 0) is 25.3 Å². The van der Waals surface area contributed by atoms with Crippen LogP contribution in [0.4, 0.5) is 4.39 Å². The molecular formula is C20H24FN5O3. The van der Waals surface area contributed by atoms with E-state index in [-0.39, 0.29) is 24.0 Å². The summed E-state index contributed by atoms with van der Waals surface area (Å²) in [4.78, 5) is 37.7. The third-order valence-electron chi connectivity index (χ3n) is 5.52. The van der Waals surface area contributed by atoms with Crippen LogP contribution in [0.25, 0.3) is 11.2 Å². The molecule has 0 bridgehead atoms. The van der Waals surface area contributed by atoms with E-state index in [0.29, 0.717) is 67.8 Å². The Morgan fingerprint density at radius 1 is 1.31 bits per heavy atom. The van der Waals surface area contributed by atoms with Gasteiger partial charge in [0.25, 0.3) is 5.91 Å². The number of ether oxygens (including phenoxy) is 1. The number of nitrogens with one attached hydrogen (secondary N) is 2. The number of hydrogen-bond donors (Lipinski definition) is 2. The molecule has 0 unspecified atom stereocenters. The molecule has 8 nitrogen and oxygen atoms in total. The van der Waals surface area contributed by atoms with E-state index < -0.39 is 6.17 Å². The smallest absolute Gasteiger partial charge is 0.255 e. The van der Waals surface area contributed by atoms with Crippen LogP contribution in [-0.4, -0.2) is 63.1 Å². The van der Waals surface area contributed by atoms with Crippen LogP contribution < -0.4 is 10.1 Å². The fraction of sp³-hybridized carbons (Fsp3) is 0.500. The van der Waals surface area contributed by atoms with Gasteiger partial charge in [-0.2, -0.15) is 0 Å². The van der Waals surface area contributed by atoms with Gasteiger partial charge < -0.3 is 19.9 Å². The zero-order chi connectivity index (χ0) is 20.4. The van der Waals surface area contributed by atoms with Gasteiger partial charge in [-0.1, -0.05) is 6.58 Å². The molecule has 9 heteroatoms. The van der Waals surface area contributed by atoms with Crippen molar-refractivity contribution in [2.75, 3.05) is 13.1 Å². The monoisotopic (exact) mass is 401 g/mol. The van der Waals surface area contributed by atoms with E-state index in [1.807, 2.05) is 0 Å². The van der Waals surface area contributed by atoms with Crippen molar-refractivity contribution in [3.63, 3.8) is 0 Å². The molecule has 154 valence electrons. The third kappa shape index (κ3) is 4.23. The zero-order valence-electron chi connectivity index (χ0n) is 16.1. The predicted molar refractivity (Wildman–Crippen MR) is 104 cm³/mol. The molecule has 4 rings (SSSR count). The van der Waals surface area contributed by atoms with Crippen molar-refractivity contribution in [3.8, 4) is 5.88 Å². The lowest BCUT2D eigenvalue weighted by atomic mass is 10.1. The van der Waals surface area contributed by atoms with Crippen molar-refractivity contribution in [1.29, 1.82) is 0 Å². The normalized spacial score (nSPS) is 22.6. The summed E-state index contributed by atoms with van der Waals surface area (Å²) in [5, 5.41) is 2.87.